The van der Waals surface area contributed by atoms with Crippen molar-refractivity contribution in [3.8, 4) is 11.8 Å². The second-order valence-corrected chi connectivity index (χ2v) is 5.90. The molecule has 2 aromatic rings. The molecule has 2 rings (SSSR count). The molecule has 0 aliphatic rings. The lowest BCUT2D eigenvalue weighted by Gasteiger charge is -2.17. The number of nitrogens with one attached hydrogen (secondary N) is 1. The summed E-state index contributed by atoms with van der Waals surface area (Å²) < 4.78 is 45.2. The Morgan fingerprint density at radius 3 is 2.32 bits per heavy atom. The van der Waals surface area contributed by atoms with Crippen LogP contribution in [0.1, 0.15) is 36.1 Å². The summed E-state index contributed by atoms with van der Waals surface area (Å²) in [5.74, 6) is 0.207. The van der Waals surface area contributed by atoms with Crippen LogP contribution < -0.4 is 10.1 Å². The smallest absolute Gasteiger partial charge is 0.416 e. The van der Waals surface area contributed by atoms with Gasteiger partial charge in [0.25, 0.3) is 0 Å². The predicted octanol–water partition coefficient (Wildman–Crippen LogP) is 4.65. The molecule has 0 heterocycles. The number of ether oxygens (including phenoxy) is 1. The van der Waals surface area contributed by atoms with Crippen LogP contribution in [0, 0.1) is 11.3 Å². The highest BCUT2D eigenvalue weighted by molar-refractivity contribution is 5.38. The van der Waals surface area contributed by atoms with E-state index in [0.717, 1.165) is 11.6 Å². The number of halogens is 3. The second-order valence-electron chi connectivity index (χ2n) is 5.90. The molecule has 132 valence electrons. The summed E-state index contributed by atoms with van der Waals surface area (Å²) in [6.45, 7) is 4.02. The van der Waals surface area contributed by atoms with Crippen LogP contribution in [0.3, 0.4) is 0 Å². The molecule has 3 nitrogen and oxygen atoms in total. The normalized spacial score (nSPS) is 11.4. The number of nitriles is 1. The fourth-order valence-electron chi connectivity index (χ4n) is 2.36. The number of nitrogens with zero attached hydrogens (tertiary/aromatic N) is 1. The highest BCUT2D eigenvalue weighted by Crippen LogP contribution is 2.34. The van der Waals surface area contributed by atoms with E-state index in [9.17, 15) is 13.2 Å². The molecule has 0 fully saturated rings. The van der Waals surface area contributed by atoms with E-state index in [0.29, 0.717) is 12.1 Å². The van der Waals surface area contributed by atoms with Crippen molar-refractivity contribution >= 4 is 0 Å². The number of hydrogen-bond donors (Lipinski definition) is 1. The van der Waals surface area contributed by atoms with Gasteiger partial charge in [0.15, 0.2) is 0 Å². The molecule has 0 atom stereocenters. The van der Waals surface area contributed by atoms with Crippen LogP contribution in [0.5, 0.6) is 5.75 Å². The van der Waals surface area contributed by atoms with Crippen molar-refractivity contribution in [1.29, 1.82) is 5.26 Å². The molecule has 0 saturated heterocycles. The molecule has 0 unspecified atom stereocenters. The summed E-state index contributed by atoms with van der Waals surface area (Å²) in [6.07, 6.45) is -4.64. The summed E-state index contributed by atoms with van der Waals surface area (Å²) in [7, 11) is 0. The van der Waals surface area contributed by atoms with Gasteiger partial charge in [-0.15, -0.1) is 0 Å². The van der Waals surface area contributed by atoms with Gasteiger partial charge in [-0.1, -0.05) is 18.2 Å². The summed E-state index contributed by atoms with van der Waals surface area (Å²) in [5.41, 5.74) is 0.909. The Bertz CT molecular complexity index is 747. The van der Waals surface area contributed by atoms with Gasteiger partial charge in [-0.05, 0) is 49.2 Å². The van der Waals surface area contributed by atoms with Crippen LogP contribution in [0.4, 0.5) is 13.2 Å². The van der Waals surface area contributed by atoms with Crippen LogP contribution in [0.15, 0.2) is 42.5 Å². The number of rotatable bonds is 6. The van der Waals surface area contributed by atoms with Crippen molar-refractivity contribution in [2.75, 3.05) is 0 Å². The van der Waals surface area contributed by atoms with Gasteiger partial charge in [0.1, 0.15) is 5.75 Å². The molecule has 2 aromatic carbocycles. The Morgan fingerprint density at radius 1 is 1.08 bits per heavy atom. The molecule has 0 radical (unpaired) electrons. The largest absolute Gasteiger partial charge is 0.491 e. The maximum absolute atomic E-state index is 13.3. The van der Waals surface area contributed by atoms with E-state index in [2.05, 4.69) is 5.32 Å². The Kier molecular flexibility index (Phi) is 6.05. The Balaban J connectivity index is 2.08. The summed E-state index contributed by atoms with van der Waals surface area (Å²) in [6, 6.07) is 12.9. The molecule has 0 aliphatic heterocycles. The minimum absolute atomic E-state index is 0.0802. The molecule has 0 bridgehead atoms. The van der Waals surface area contributed by atoms with E-state index in [1.165, 1.54) is 6.07 Å². The quantitative estimate of drug-likeness (QED) is 0.826. The van der Waals surface area contributed by atoms with Crippen molar-refractivity contribution < 1.29 is 17.9 Å². The highest BCUT2D eigenvalue weighted by atomic mass is 19.4. The standard InChI is InChI=1S/C19H19F3N2O/c1-13(2)25-17-8-7-16(18(9-17)19(20,21)22)12-24-11-15-5-3-14(10-23)4-6-15/h3-9,13,24H,11-12H2,1-2H3. The van der Waals surface area contributed by atoms with E-state index >= 15 is 0 Å². The molecule has 25 heavy (non-hydrogen) atoms. The third-order valence-corrected chi connectivity index (χ3v) is 3.49. The lowest BCUT2D eigenvalue weighted by molar-refractivity contribution is -0.138. The Labute approximate surface area is 145 Å². The Hall–Kier alpha value is -2.52. The van der Waals surface area contributed by atoms with Crippen molar-refractivity contribution in [2.45, 2.75) is 39.2 Å². The first-order valence-corrected chi connectivity index (χ1v) is 7.86. The molecule has 0 saturated carbocycles. The number of hydrogen-bond acceptors (Lipinski definition) is 3. The van der Waals surface area contributed by atoms with Crippen LogP contribution in [0.2, 0.25) is 0 Å². The minimum Gasteiger partial charge on any atom is -0.491 e. The third kappa shape index (κ3) is 5.50. The molecule has 0 aromatic heterocycles. The second kappa shape index (κ2) is 8.04. The lowest BCUT2D eigenvalue weighted by atomic mass is 10.1. The number of alkyl halides is 3. The molecular weight excluding hydrogens is 329 g/mol. The molecule has 0 spiro atoms. The van der Waals surface area contributed by atoms with Crippen molar-refractivity contribution in [2.24, 2.45) is 0 Å². The Morgan fingerprint density at radius 2 is 1.76 bits per heavy atom. The van der Waals surface area contributed by atoms with E-state index in [4.69, 9.17) is 10.00 Å². The molecule has 1 N–H and O–H groups in total. The van der Waals surface area contributed by atoms with Gasteiger partial charge in [0.2, 0.25) is 0 Å². The molecule has 6 heteroatoms. The highest BCUT2D eigenvalue weighted by Gasteiger charge is 2.33. The van der Waals surface area contributed by atoms with Crippen LogP contribution in [-0.4, -0.2) is 6.10 Å². The minimum atomic E-state index is -4.44. The number of benzene rings is 2. The fraction of sp³-hybridized carbons (Fsp3) is 0.316. The monoisotopic (exact) mass is 348 g/mol. The zero-order valence-corrected chi connectivity index (χ0v) is 14.0. The molecule has 0 amide bonds. The van der Waals surface area contributed by atoms with E-state index in [1.807, 2.05) is 6.07 Å². The van der Waals surface area contributed by atoms with Crippen molar-refractivity contribution in [3.05, 3.63) is 64.7 Å². The van der Waals surface area contributed by atoms with Gasteiger partial charge in [0.05, 0.1) is 23.3 Å². The maximum Gasteiger partial charge on any atom is 0.416 e. The van der Waals surface area contributed by atoms with Gasteiger partial charge >= 0.3 is 6.18 Å². The van der Waals surface area contributed by atoms with Gasteiger partial charge < -0.3 is 10.1 Å². The van der Waals surface area contributed by atoms with E-state index in [-0.39, 0.29) is 24.0 Å². The first-order chi connectivity index (χ1) is 11.8. The van der Waals surface area contributed by atoms with Crippen LogP contribution in [0.25, 0.3) is 0 Å². The van der Waals surface area contributed by atoms with Crippen LogP contribution >= 0.6 is 0 Å². The summed E-state index contributed by atoms with van der Waals surface area (Å²) in [4.78, 5) is 0. The molecule has 0 aliphatic carbocycles. The molecular formula is C19H19F3N2O. The van der Waals surface area contributed by atoms with Gasteiger partial charge in [-0.3, -0.25) is 0 Å². The first-order valence-electron chi connectivity index (χ1n) is 7.86. The average molecular weight is 348 g/mol. The topological polar surface area (TPSA) is 45.0 Å². The predicted molar refractivity (Wildman–Crippen MR) is 88.9 cm³/mol. The van der Waals surface area contributed by atoms with E-state index in [1.54, 1.807) is 44.2 Å². The van der Waals surface area contributed by atoms with Gasteiger partial charge in [-0.2, -0.15) is 18.4 Å². The fourth-order valence-corrected chi connectivity index (χ4v) is 2.36. The van der Waals surface area contributed by atoms with Crippen molar-refractivity contribution in [1.82, 2.24) is 5.32 Å². The van der Waals surface area contributed by atoms with Gasteiger partial charge in [-0.25, -0.2) is 0 Å². The lowest BCUT2D eigenvalue weighted by Crippen LogP contribution is -2.18. The SMILES string of the molecule is CC(C)Oc1ccc(CNCc2ccc(C#N)cc2)c(C(F)(F)F)c1. The zero-order chi connectivity index (χ0) is 18.4. The summed E-state index contributed by atoms with van der Waals surface area (Å²) >= 11 is 0. The zero-order valence-electron chi connectivity index (χ0n) is 14.0. The average Bonchev–Trinajstić information content (AvgIpc) is 2.55. The first kappa shape index (κ1) is 18.8. The maximum atomic E-state index is 13.3. The van der Waals surface area contributed by atoms with Crippen LogP contribution in [-0.2, 0) is 19.3 Å². The van der Waals surface area contributed by atoms with Gasteiger partial charge in [0, 0.05) is 13.1 Å². The summed E-state index contributed by atoms with van der Waals surface area (Å²) in [5, 5.41) is 11.8. The van der Waals surface area contributed by atoms with E-state index < -0.39 is 11.7 Å². The third-order valence-electron chi connectivity index (χ3n) is 3.49. The van der Waals surface area contributed by atoms with Crippen molar-refractivity contribution in [3.63, 3.8) is 0 Å².